The summed E-state index contributed by atoms with van der Waals surface area (Å²) in [7, 11) is 0. The monoisotopic (exact) mass is 390 g/mol. The van der Waals surface area contributed by atoms with E-state index in [1.807, 2.05) is 31.2 Å². The van der Waals surface area contributed by atoms with Crippen LogP contribution in [-0.2, 0) is 13.2 Å². The SMILES string of the molecule is CCOc1cc(CN2CCC(C)(CN)C2)ccc1OCc1ccccc1.Cl. The first-order chi connectivity index (χ1) is 12.6. The van der Waals surface area contributed by atoms with E-state index in [1.54, 1.807) is 0 Å². The maximum absolute atomic E-state index is 6.00. The molecule has 1 fully saturated rings. The molecule has 1 heterocycles. The summed E-state index contributed by atoms with van der Waals surface area (Å²) in [5, 5.41) is 0. The summed E-state index contributed by atoms with van der Waals surface area (Å²) in [6, 6.07) is 16.5. The summed E-state index contributed by atoms with van der Waals surface area (Å²) in [5.74, 6) is 1.62. The van der Waals surface area contributed by atoms with Crippen molar-refractivity contribution in [2.24, 2.45) is 11.1 Å². The molecule has 1 unspecified atom stereocenters. The second-order valence-corrected chi connectivity index (χ2v) is 7.46. The number of halogens is 1. The molecule has 2 aromatic carbocycles. The van der Waals surface area contributed by atoms with Gasteiger partial charge in [-0.25, -0.2) is 0 Å². The fourth-order valence-electron chi connectivity index (χ4n) is 3.46. The van der Waals surface area contributed by atoms with Gasteiger partial charge in [0.2, 0.25) is 0 Å². The molecule has 1 aliphatic rings. The van der Waals surface area contributed by atoms with Crippen molar-refractivity contribution in [3.63, 3.8) is 0 Å². The second-order valence-electron chi connectivity index (χ2n) is 7.46. The molecular formula is C22H31ClN2O2. The molecular weight excluding hydrogens is 360 g/mol. The summed E-state index contributed by atoms with van der Waals surface area (Å²) in [6.45, 7) is 9.28. The molecule has 0 aliphatic carbocycles. The van der Waals surface area contributed by atoms with E-state index in [4.69, 9.17) is 15.2 Å². The second kappa shape index (κ2) is 9.98. The van der Waals surface area contributed by atoms with Gasteiger partial charge in [-0.2, -0.15) is 0 Å². The zero-order chi connectivity index (χ0) is 18.4. The van der Waals surface area contributed by atoms with Crippen LogP contribution in [0.15, 0.2) is 48.5 Å². The summed E-state index contributed by atoms with van der Waals surface area (Å²) < 4.78 is 11.8. The molecule has 2 aromatic rings. The van der Waals surface area contributed by atoms with Crippen LogP contribution < -0.4 is 15.2 Å². The number of rotatable bonds is 8. The van der Waals surface area contributed by atoms with Crippen molar-refractivity contribution in [3.8, 4) is 11.5 Å². The molecule has 1 saturated heterocycles. The van der Waals surface area contributed by atoms with Crippen molar-refractivity contribution in [1.29, 1.82) is 0 Å². The van der Waals surface area contributed by atoms with Crippen LogP contribution in [0, 0.1) is 5.41 Å². The molecule has 0 saturated carbocycles. The predicted molar refractivity (Wildman–Crippen MR) is 113 cm³/mol. The number of likely N-dealkylation sites (tertiary alicyclic amines) is 1. The third kappa shape index (κ3) is 5.86. The number of nitrogens with zero attached hydrogens (tertiary/aromatic N) is 1. The number of nitrogens with two attached hydrogens (primary N) is 1. The lowest BCUT2D eigenvalue weighted by molar-refractivity contribution is 0.264. The number of benzene rings is 2. The standard InChI is InChI=1S/C22H30N2O2.ClH/c1-3-25-21-13-19(14-24-12-11-22(2,16-23)17-24)9-10-20(21)26-15-18-7-5-4-6-8-18;/h4-10,13H,3,11-12,14-17,23H2,1-2H3;1H. The minimum Gasteiger partial charge on any atom is -0.490 e. The predicted octanol–water partition coefficient (Wildman–Crippen LogP) is 4.26. The van der Waals surface area contributed by atoms with Gasteiger partial charge in [0.25, 0.3) is 0 Å². The first-order valence-corrected chi connectivity index (χ1v) is 9.47. The average molecular weight is 391 g/mol. The van der Waals surface area contributed by atoms with Crippen LogP contribution in [0.25, 0.3) is 0 Å². The highest BCUT2D eigenvalue weighted by Crippen LogP contribution is 2.32. The number of ether oxygens (including phenoxy) is 2. The Hall–Kier alpha value is -1.75. The van der Waals surface area contributed by atoms with Gasteiger partial charge < -0.3 is 15.2 Å². The lowest BCUT2D eigenvalue weighted by atomic mass is 9.90. The summed E-state index contributed by atoms with van der Waals surface area (Å²) in [6.07, 6.45) is 1.17. The van der Waals surface area contributed by atoms with Gasteiger partial charge in [0.05, 0.1) is 6.61 Å². The van der Waals surface area contributed by atoms with Crippen LogP contribution in [0.2, 0.25) is 0 Å². The van der Waals surface area contributed by atoms with Crippen LogP contribution in [0.1, 0.15) is 31.4 Å². The largest absolute Gasteiger partial charge is 0.490 e. The van der Waals surface area contributed by atoms with Gasteiger partial charge in [0.1, 0.15) is 6.61 Å². The molecule has 0 aromatic heterocycles. The van der Waals surface area contributed by atoms with Gasteiger partial charge in [-0.1, -0.05) is 43.3 Å². The van der Waals surface area contributed by atoms with E-state index in [9.17, 15) is 0 Å². The Balaban J connectivity index is 0.00000261. The highest BCUT2D eigenvalue weighted by Gasteiger charge is 2.32. The van der Waals surface area contributed by atoms with Crippen molar-refractivity contribution >= 4 is 12.4 Å². The van der Waals surface area contributed by atoms with Crippen molar-refractivity contribution < 1.29 is 9.47 Å². The summed E-state index contributed by atoms with van der Waals surface area (Å²) in [5.41, 5.74) is 8.58. The minimum absolute atomic E-state index is 0. The Labute approximate surface area is 169 Å². The molecule has 2 N–H and O–H groups in total. The van der Waals surface area contributed by atoms with Crippen molar-refractivity contribution in [2.75, 3.05) is 26.2 Å². The lowest BCUT2D eigenvalue weighted by Crippen LogP contribution is -2.31. The molecule has 5 heteroatoms. The smallest absolute Gasteiger partial charge is 0.161 e. The van der Waals surface area contributed by atoms with Crippen molar-refractivity contribution in [2.45, 2.75) is 33.4 Å². The Morgan fingerprint density at radius 3 is 2.48 bits per heavy atom. The van der Waals surface area contributed by atoms with Crippen molar-refractivity contribution in [1.82, 2.24) is 4.90 Å². The number of hydrogen-bond donors (Lipinski definition) is 1. The van der Waals surface area contributed by atoms with Crippen LogP contribution in [0.4, 0.5) is 0 Å². The molecule has 148 valence electrons. The Morgan fingerprint density at radius 2 is 1.81 bits per heavy atom. The van der Waals surface area contributed by atoms with Gasteiger partial charge in [0.15, 0.2) is 11.5 Å². The Kier molecular flexibility index (Phi) is 7.96. The van der Waals surface area contributed by atoms with Gasteiger partial charge in [-0.3, -0.25) is 4.90 Å². The van der Waals surface area contributed by atoms with Gasteiger partial charge >= 0.3 is 0 Å². The molecule has 1 aliphatic heterocycles. The molecule has 3 rings (SSSR count). The molecule has 4 nitrogen and oxygen atoms in total. The molecule has 0 amide bonds. The van der Waals surface area contributed by atoms with Gasteiger partial charge in [0, 0.05) is 13.1 Å². The normalized spacial score (nSPS) is 19.5. The van der Waals surface area contributed by atoms with E-state index < -0.39 is 0 Å². The van der Waals surface area contributed by atoms with Crippen LogP contribution in [-0.4, -0.2) is 31.1 Å². The summed E-state index contributed by atoms with van der Waals surface area (Å²) >= 11 is 0. The van der Waals surface area contributed by atoms with Crippen molar-refractivity contribution in [3.05, 3.63) is 59.7 Å². The Morgan fingerprint density at radius 1 is 1.04 bits per heavy atom. The maximum Gasteiger partial charge on any atom is 0.161 e. The average Bonchev–Trinajstić information content (AvgIpc) is 3.04. The van der Waals surface area contributed by atoms with E-state index in [0.29, 0.717) is 13.2 Å². The van der Waals surface area contributed by atoms with E-state index in [2.05, 4.69) is 36.1 Å². The quantitative estimate of drug-likeness (QED) is 0.731. The molecule has 27 heavy (non-hydrogen) atoms. The van der Waals surface area contributed by atoms with E-state index in [1.165, 1.54) is 12.0 Å². The van der Waals surface area contributed by atoms with Crippen LogP contribution >= 0.6 is 12.4 Å². The maximum atomic E-state index is 6.00. The zero-order valence-electron chi connectivity index (χ0n) is 16.3. The summed E-state index contributed by atoms with van der Waals surface area (Å²) in [4.78, 5) is 2.47. The van der Waals surface area contributed by atoms with E-state index in [-0.39, 0.29) is 17.8 Å². The molecule has 0 radical (unpaired) electrons. The Bertz CT molecular complexity index is 711. The van der Waals surface area contributed by atoms with E-state index in [0.717, 1.165) is 43.2 Å². The lowest BCUT2D eigenvalue weighted by Gasteiger charge is -2.23. The van der Waals surface area contributed by atoms with Crippen LogP contribution in [0.3, 0.4) is 0 Å². The van der Waals surface area contributed by atoms with E-state index >= 15 is 0 Å². The third-order valence-corrected chi connectivity index (χ3v) is 5.08. The van der Waals surface area contributed by atoms with Gasteiger partial charge in [-0.15, -0.1) is 12.4 Å². The first kappa shape index (κ1) is 21.5. The van der Waals surface area contributed by atoms with Crippen LogP contribution in [0.5, 0.6) is 11.5 Å². The highest BCUT2D eigenvalue weighted by molar-refractivity contribution is 5.85. The molecule has 0 spiro atoms. The zero-order valence-corrected chi connectivity index (χ0v) is 17.1. The molecule has 1 atom stereocenters. The minimum atomic E-state index is 0. The first-order valence-electron chi connectivity index (χ1n) is 9.47. The fourth-order valence-corrected chi connectivity index (χ4v) is 3.46. The number of hydrogen-bond acceptors (Lipinski definition) is 4. The third-order valence-electron chi connectivity index (χ3n) is 5.08. The van der Waals surface area contributed by atoms with Gasteiger partial charge in [-0.05, 0) is 55.1 Å². The highest BCUT2D eigenvalue weighted by atomic mass is 35.5. The topological polar surface area (TPSA) is 47.7 Å². The fraction of sp³-hybridized carbons (Fsp3) is 0.455. The molecule has 0 bridgehead atoms.